The highest BCUT2D eigenvalue weighted by Crippen LogP contribution is 2.61. The monoisotopic (exact) mass is 616 g/mol. The van der Waals surface area contributed by atoms with Crippen molar-refractivity contribution in [1.29, 1.82) is 0 Å². The molecule has 234 valence electrons. The van der Waals surface area contributed by atoms with Crippen molar-refractivity contribution in [3.05, 3.63) is 29.3 Å². The maximum Gasteiger partial charge on any atom is 0.416 e. The second kappa shape index (κ2) is 14.9. The third kappa shape index (κ3) is 8.33. The van der Waals surface area contributed by atoms with Gasteiger partial charge in [-0.3, -0.25) is 0 Å². The Morgan fingerprint density at radius 3 is 2.51 bits per heavy atom. The first-order valence-corrected chi connectivity index (χ1v) is 18.4. The van der Waals surface area contributed by atoms with Gasteiger partial charge in [-0.25, -0.2) is 0 Å². The second-order valence-corrected chi connectivity index (χ2v) is 15.7. The van der Waals surface area contributed by atoms with Crippen molar-refractivity contribution in [1.82, 2.24) is 0 Å². The van der Waals surface area contributed by atoms with Crippen molar-refractivity contribution in [3.63, 3.8) is 0 Å². The molecule has 0 amide bonds. The molecule has 2 saturated carbocycles. The summed E-state index contributed by atoms with van der Waals surface area (Å²) >= 11 is 0. The molecule has 2 fully saturated rings. The molecule has 0 saturated heterocycles. The molecule has 3 aliphatic carbocycles. The SMILES string of the molecule is CCCCCCSSCCOc1ccc2c(c1)CCC1C2CCC2(C)C(OCCCOC(C)(C)C(F)(F)F)CCC12. The molecule has 41 heavy (non-hydrogen) atoms. The summed E-state index contributed by atoms with van der Waals surface area (Å²) in [6, 6.07) is 6.82. The largest absolute Gasteiger partial charge is 0.493 e. The molecule has 0 spiro atoms. The Bertz CT molecular complexity index is 956. The van der Waals surface area contributed by atoms with Gasteiger partial charge in [0.15, 0.2) is 5.60 Å². The fraction of sp³-hybridized carbons (Fsp3) is 0.818. The summed E-state index contributed by atoms with van der Waals surface area (Å²) in [6.45, 7) is 8.10. The van der Waals surface area contributed by atoms with E-state index in [2.05, 4.69) is 32.0 Å². The van der Waals surface area contributed by atoms with Crippen molar-refractivity contribution in [3.8, 4) is 5.75 Å². The van der Waals surface area contributed by atoms with Crippen LogP contribution in [0.25, 0.3) is 0 Å². The van der Waals surface area contributed by atoms with E-state index in [1.165, 1.54) is 61.8 Å². The Kier molecular flexibility index (Phi) is 12.1. The zero-order valence-corrected chi connectivity index (χ0v) is 27.2. The van der Waals surface area contributed by atoms with Crippen LogP contribution < -0.4 is 4.74 Å². The number of benzene rings is 1. The van der Waals surface area contributed by atoms with E-state index in [1.807, 2.05) is 21.6 Å². The molecular formula is C33H51F3O3S2. The fourth-order valence-corrected chi connectivity index (χ4v) is 9.44. The van der Waals surface area contributed by atoms with Crippen LogP contribution in [0.4, 0.5) is 13.2 Å². The average molecular weight is 617 g/mol. The number of rotatable bonds is 16. The Balaban J connectivity index is 1.22. The van der Waals surface area contributed by atoms with Gasteiger partial charge in [0.2, 0.25) is 0 Å². The summed E-state index contributed by atoms with van der Waals surface area (Å²) in [5.41, 5.74) is 1.03. The fourth-order valence-electron chi connectivity index (χ4n) is 7.47. The predicted octanol–water partition coefficient (Wildman–Crippen LogP) is 10.0. The van der Waals surface area contributed by atoms with E-state index in [4.69, 9.17) is 14.2 Å². The molecule has 3 nitrogen and oxygen atoms in total. The van der Waals surface area contributed by atoms with Crippen molar-refractivity contribution >= 4 is 21.6 Å². The van der Waals surface area contributed by atoms with E-state index < -0.39 is 11.8 Å². The lowest BCUT2D eigenvalue weighted by atomic mass is 9.55. The summed E-state index contributed by atoms with van der Waals surface area (Å²) in [7, 11) is 3.90. The minimum absolute atomic E-state index is 0.0590. The van der Waals surface area contributed by atoms with Crippen molar-refractivity contribution < 1.29 is 27.4 Å². The number of aryl methyl sites for hydroxylation is 1. The van der Waals surface area contributed by atoms with E-state index in [9.17, 15) is 13.2 Å². The standard InChI is InChI=1S/C33H51F3O3S2/c1-5-6-7-8-21-40-41-22-20-37-25-11-13-26-24(23-25)10-12-28-27(26)16-17-32(4)29(28)14-15-30(32)38-18-9-19-39-31(2,3)33(34,35)36/h11,13,23,27-30H,5-10,12,14-22H2,1-4H3. The van der Waals surface area contributed by atoms with Gasteiger partial charge >= 0.3 is 6.18 Å². The molecule has 4 rings (SSSR count). The number of fused-ring (bicyclic) bond motifs is 5. The highest BCUT2D eigenvalue weighted by atomic mass is 33.1. The molecule has 5 unspecified atom stereocenters. The van der Waals surface area contributed by atoms with Gasteiger partial charge in [-0.1, -0.05) is 60.8 Å². The summed E-state index contributed by atoms with van der Waals surface area (Å²) in [4.78, 5) is 0. The maximum absolute atomic E-state index is 13.0. The van der Waals surface area contributed by atoms with E-state index in [0.29, 0.717) is 30.8 Å². The van der Waals surface area contributed by atoms with Crippen LogP contribution in [0, 0.1) is 17.3 Å². The third-order valence-corrected chi connectivity index (χ3v) is 12.4. The maximum atomic E-state index is 13.0. The molecule has 3 aliphatic rings. The van der Waals surface area contributed by atoms with Gasteiger partial charge in [-0.2, -0.15) is 13.2 Å². The number of ether oxygens (including phenoxy) is 3. The van der Waals surface area contributed by atoms with Gasteiger partial charge in [-0.15, -0.1) is 0 Å². The Morgan fingerprint density at radius 2 is 1.73 bits per heavy atom. The first-order chi connectivity index (χ1) is 19.6. The van der Waals surface area contributed by atoms with E-state index >= 15 is 0 Å². The minimum atomic E-state index is -4.36. The summed E-state index contributed by atoms with van der Waals surface area (Å²) in [5, 5.41) is 0. The highest BCUT2D eigenvalue weighted by molar-refractivity contribution is 8.76. The van der Waals surface area contributed by atoms with Crippen LogP contribution >= 0.6 is 21.6 Å². The first-order valence-electron chi connectivity index (χ1n) is 15.9. The zero-order chi connectivity index (χ0) is 29.5. The highest BCUT2D eigenvalue weighted by Gasteiger charge is 2.55. The van der Waals surface area contributed by atoms with E-state index in [-0.39, 0.29) is 18.1 Å². The molecule has 5 atom stereocenters. The molecule has 0 radical (unpaired) electrons. The summed E-state index contributed by atoms with van der Waals surface area (Å²) < 4.78 is 56.7. The van der Waals surface area contributed by atoms with Gasteiger partial charge in [0, 0.05) is 24.7 Å². The smallest absolute Gasteiger partial charge is 0.416 e. The van der Waals surface area contributed by atoms with Crippen LogP contribution in [0.15, 0.2) is 18.2 Å². The summed E-state index contributed by atoms with van der Waals surface area (Å²) in [6.07, 6.45) is 8.50. The number of alkyl halides is 3. The normalized spacial score (nSPS) is 27.8. The molecular weight excluding hydrogens is 565 g/mol. The number of hydrogen-bond acceptors (Lipinski definition) is 5. The molecule has 1 aromatic carbocycles. The first kappa shape index (κ1) is 33.3. The van der Waals surface area contributed by atoms with Crippen LogP contribution in [-0.4, -0.2) is 49.2 Å². The molecule has 0 bridgehead atoms. The van der Waals surface area contributed by atoms with Crippen LogP contribution in [0.5, 0.6) is 5.75 Å². The molecule has 0 N–H and O–H groups in total. The van der Waals surface area contributed by atoms with Crippen LogP contribution in [0.1, 0.15) is 109 Å². The molecule has 0 aromatic heterocycles. The van der Waals surface area contributed by atoms with Gasteiger partial charge in [0.25, 0.3) is 0 Å². The minimum Gasteiger partial charge on any atom is -0.493 e. The quantitative estimate of drug-likeness (QED) is 0.136. The lowest BCUT2D eigenvalue weighted by Gasteiger charge is -2.50. The molecule has 1 aromatic rings. The van der Waals surface area contributed by atoms with Crippen LogP contribution in [0.2, 0.25) is 0 Å². The topological polar surface area (TPSA) is 27.7 Å². The lowest BCUT2D eigenvalue weighted by Crippen LogP contribution is -2.45. The van der Waals surface area contributed by atoms with Crippen LogP contribution in [0.3, 0.4) is 0 Å². The molecule has 8 heteroatoms. The number of hydrogen-bond donors (Lipinski definition) is 0. The number of halogens is 3. The summed E-state index contributed by atoms with van der Waals surface area (Å²) in [5.74, 6) is 5.20. The predicted molar refractivity (Wildman–Crippen MR) is 166 cm³/mol. The third-order valence-electron chi connectivity index (χ3n) is 9.96. The average Bonchev–Trinajstić information content (AvgIpc) is 3.27. The van der Waals surface area contributed by atoms with Crippen molar-refractivity contribution in [2.75, 3.05) is 31.3 Å². The Hall–Kier alpha value is -0.570. The Labute approximate surface area is 254 Å². The second-order valence-electron chi connectivity index (χ2n) is 13.0. The molecule has 0 aliphatic heterocycles. The van der Waals surface area contributed by atoms with Gasteiger partial charge in [0.05, 0.1) is 12.7 Å². The van der Waals surface area contributed by atoms with Crippen LogP contribution in [-0.2, 0) is 15.9 Å². The van der Waals surface area contributed by atoms with Gasteiger partial charge < -0.3 is 14.2 Å². The Morgan fingerprint density at radius 1 is 0.927 bits per heavy atom. The zero-order valence-electron chi connectivity index (χ0n) is 25.5. The van der Waals surface area contributed by atoms with E-state index in [1.54, 1.807) is 0 Å². The van der Waals surface area contributed by atoms with Gasteiger partial charge in [0.1, 0.15) is 5.75 Å². The van der Waals surface area contributed by atoms with Crippen molar-refractivity contribution in [2.24, 2.45) is 17.3 Å². The van der Waals surface area contributed by atoms with Gasteiger partial charge in [-0.05, 0) is 112 Å². The molecule has 0 heterocycles. The van der Waals surface area contributed by atoms with E-state index in [0.717, 1.165) is 51.2 Å². The lowest BCUT2D eigenvalue weighted by molar-refractivity contribution is -0.264. The number of unbranched alkanes of at least 4 members (excludes halogenated alkanes) is 3. The van der Waals surface area contributed by atoms with Crippen molar-refractivity contribution in [2.45, 2.75) is 122 Å².